The van der Waals surface area contributed by atoms with E-state index in [2.05, 4.69) is 0 Å². The number of hydrogen-bond donors (Lipinski definition) is 4. The summed E-state index contributed by atoms with van der Waals surface area (Å²) < 4.78 is 64.3. The van der Waals surface area contributed by atoms with Crippen LogP contribution in [0.4, 0.5) is 27.6 Å². The van der Waals surface area contributed by atoms with Crippen molar-refractivity contribution in [3.8, 4) is 0 Å². The Bertz CT molecular complexity index is 551. The van der Waals surface area contributed by atoms with Crippen LogP contribution in [0.5, 0.6) is 0 Å². The molecule has 0 heterocycles. The van der Waals surface area contributed by atoms with Crippen molar-refractivity contribution >= 4 is 24.2 Å². The summed E-state index contributed by atoms with van der Waals surface area (Å²) in [5.41, 5.74) is 1.77. The van der Waals surface area contributed by atoms with Crippen molar-refractivity contribution in [3.63, 3.8) is 0 Å². The topological polar surface area (TPSA) is 95.6 Å². The maximum Gasteiger partial charge on any atom is 0.491 e. The van der Waals surface area contributed by atoms with Crippen LogP contribution in [0.1, 0.15) is 12.0 Å². The van der Waals surface area contributed by atoms with E-state index in [4.69, 9.17) is 15.8 Å². The fourth-order valence-electron chi connectivity index (χ4n) is 1.72. The van der Waals surface area contributed by atoms with Crippen LogP contribution in [0, 0.1) is 0 Å². The average molecular weight is 326 g/mol. The Kier molecular flexibility index (Phi) is 5.49. The summed E-state index contributed by atoms with van der Waals surface area (Å²) in [6, 6.07) is 2.21. The van der Waals surface area contributed by atoms with Gasteiger partial charge in [-0.2, -0.15) is 22.0 Å². The Morgan fingerprint density at radius 3 is 2.27 bits per heavy atom. The van der Waals surface area contributed by atoms with Crippen LogP contribution >= 0.6 is 0 Å². The summed E-state index contributed by atoms with van der Waals surface area (Å²) in [4.78, 5) is 11.4. The molecule has 1 aromatic rings. The zero-order valence-electron chi connectivity index (χ0n) is 11.0. The van der Waals surface area contributed by atoms with Crippen LogP contribution in [-0.2, 0) is 10.7 Å². The normalized spacial score (nSPS) is 12.2. The number of rotatable bonds is 5. The smallest absolute Gasteiger partial charge is 0.423 e. The molecule has 0 saturated heterocycles. The highest BCUT2D eigenvalue weighted by Gasteiger charge is 2.60. The maximum absolute atomic E-state index is 13.5. The monoisotopic (exact) mass is 326 g/mol. The molecule has 0 aromatic heterocycles. The Balaban J connectivity index is 3.39. The van der Waals surface area contributed by atoms with Gasteiger partial charge in [-0.25, -0.2) is 0 Å². The Labute approximate surface area is 122 Å². The second-order valence-electron chi connectivity index (χ2n) is 4.30. The second-order valence-corrected chi connectivity index (χ2v) is 4.30. The predicted octanol–water partition coefficient (Wildman–Crippen LogP) is 0.308. The number of benzene rings is 1. The minimum absolute atomic E-state index is 0.0821. The van der Waals surface area contributed by atoms with Crippen LogP contribution in [-0.4, -0.2) is 35.8 Å². The van der Waals surface area contributed by atoms with Gasteiger partial charge >= 0.3 is 19.2 Å². The number of amides is 1. The van der Waals surface area contributed by atoms with Gasteiger partial charge < -0.3 is 21.1 Å². The zero-order valence-corrected chi connectivity index (χ0v) is 11.0. The van der Waals surface area contributed by atoms with Gasteiger partial charge in [-0.3, -0.25) is 4.79 Å². The van der Waals surface area contributed by atoms with Crippen LogP contribution in [0.3, 0.4) is 0 Å². The van der Waals surface area contributed by atoms with Crippen molar-refractivity contribution in [1.82, 2.24) is 0 Å². The minimum atomic E-state index is -5.93. The number of nitrogens with two attached hydrogens (primary N) is 1. The van der Waals surface area contributed by atoms with Crippen molar-refractivity contribution in [2.45, 2.75) is 18.5 Å². The van der Waals surface area contributed by atoms with E-state index in [0.717, 1.165) is 12.1 Å². The molecular weight excluding hydrogens is 314 g/mol. The van der Waals surface area contributed by atoms with E-state index in [1.54, 1.807) is 0 Å². The van der Waals surface area contributed by atoms with Crippen molar-refractivity contribution in [2.24, 2.45) is 5.73 Å². The molecule has 1 amide bonds. The number of alkyl halides is 5. The first-order valence-electron chi connectivity index (χ1n) is 5.96. The fraction of sp³-hybridized carbons (Fsp3) is 0.364. The van der Waals surface area contributed by atoms with E-state index in [1.165, 1.54) is 0 Å². The molecule has 0 aliphatic rings. The van der Waals surface area contributed by atoms with Gasteiger partial charge in [0.1, 0.15) is 0 Å². The summed E-state index contributed by atoms with van der Waals surface area (Å²) >= 11 is 0. The van der Waals surface area contributed by atoms with Gasteiger partial charge in [0, 0.05) is 29.7 Å². The Morgan fingerprint density at radius 1 is 1.23 bits per heavy atom. The van der Waals surface area contributed by atoms with Crippen molar-refractivity contribution in [2.75, 3.05) is 11.9 Å². The van der Waals surface area contributed by atoms with Gasteiger partial charge in [0.05, 0.1) is 0 Å². The molecule has 1 aromatic carbocycles. The summed E-state index contributed by atoms with van der Waals surface area (Å²) in [5.74, 6) is -6.09. The molecular formula is C11H12BF5N2O3. The third-order valence-corrected chi connectivity index (χ3v) is 2.70. The zero-order chi connectivity index (χ0) is 17.1. The van der Waals surface area contributed by atoms with Gasteiger partial charge in [-0.05, 0) is 6.07 Å². The summed E-state index contributed by atoms with van der Waals surface area (Å²) in [7, 11) is -2.64. The molecule has 0 spiro atoms. The third kappa shape index (κ3) is 3.73. The quantitative estimate of drug-likeness (QED) is 0.463. The first kappa shape index (κ1) is 18.3. The van der Waals surface area contributed by atoms with Crippen molar-refractivity contribution < 1.29 is 36.8 Å². The van der Waals surface area contributed by atoms with Crippen LogP contribution < -0.4 is 16.5 Å². The fourth-order valence-corrected chi connectivity index (χ4v) is 1.72. The number of anilines is 1. The molecule has 0 aliphatic carbocycles. The highest BCUT2D eigenvalue weighted by Crippen LogP contribution is 2.43. The largest absolute Gasteiger partial charge is 0.491 e. The molecule has 0 aliphatic heterocycles. The van der Waals surface area contributed by atoms with Crippen molar-refractivity contribution in [3.05, 3.63) is 23.8 Å². The highest BCUT2D eigenvalue weighted by molar-refractivity contribution is 6.61. The molecule has 5 N–H and O–H groups in total. The summed E-state index contributed by atoms with van der Waals surface area (Å²) in [6.45, 7) is -0.0821. The molecule has 0 saturated carbocycles. The molecule has 122 valence electrons. The first-order chi connectivity index (χ1) is 10.0. The van der Waals surface area contributed by atoms with E-state index >= 15 is 0 Å². The molecule has 22 heavy (non-hydrogen) atoms. The van der Waals surface area contributed by atoms with Gasteiger partial charge in [-0.15, -0.1) is 0 Å². The van der Waals surface area contributed by atoms with Gasteiger partial charge in [-0.1, -0.05) is 12.1 Å². The molecule has 0 atom stereocenters. The SMILES string of the molecule is NCCC(=O)Nc1cccc(C(F)(F)C(F)(F)F)c1B(O)O. The Morgan fingerprint density at radius 2 is 1.82 bits per heavy atom. The number of nitrogens with one attached hydrogen (secondary N) is 1. The highest BCUT2D eigenvalue weighted by atomic mass is 19.4. The maximum atomic E-state index is 13.5. The van der Waals surface area contributed by atoms with Crippen LogP contribution in [0.15, 0.2) is 18.2 Å². The second kappa shape index (κ2) is 6.59. The molecule has 0 radical (unpaired) electrons. The van der Waals surface area contributed by atoms with E-state index in [0.29, 0.717) is 6.07 Å². The summed E-state index contributed by atoms with van der Waals surface area (Å²) in [5, 5.41) is 20.3. The summed E-state index contributed by atoms with van der Waals surface area (Å²) in [6.07, 6.45) is -6.16. The predicted molar refractivity (Wildman–Crippen MR) is 68.5 cm³/mol. The van der Waals surface area contributed by atoms with Crippen LogP contribution in [0.25, 0.3) is 0 Å². The molecule has 11 heteroatoms. The molecule has 0 fully saturated rings. The molecule has 0 bridgehead atoms. The minimum Gasteiger partial charge on any atom is -0.423 e. The van der Waals surface area contributed by atoms with Crippen LogP contribution in [0.2, 0.25) is 0 Å². The van der Waals surface area contributed by atoms with E-state index < -0.39 is 41.8 Å². The lowest BCUT2D eigenvalue weighted by molar-refractivity contribution is -0.289. The molecule has 5 nitrogen and oxygen atoms in total. The van der Waals surface area contributed by atoms with Crippen molar-refractivity contribution in [1.29, 1.82) is 0 Å². The first-order valence-corrected chi connectivity index (χ1v) is 5.96. The lowest BCUT2D eigenvalue weighted by Crippen LogP contribution is -2.44. The number of carbonyl (C=O) groups is 1. The van der Waals surface area contributed by atoms with Gasteiger partial charge in [0.2, 0.25) is 5.91 Å². The van der Waals surface area contributed by atoms with Gasteiger partial charge in [0.15, 0.2) is 0 Å². The van der Waals surface area contributed by atoms with E-state index in [1.807, 2.05) is 5.32 Å². The lowest BCUT2D eigenvalue weighted by atomic mass is 9.74. The Hall–Kier alpha value is -1.72. The van der Waals surface area contributed by atoms with Gasteiger partial charge in [0.25, 0.3) is 0 Å². The number of carbonyl (C=O) groups excluding carboxylic acids is 1. The lowest BCUT2D eigenvalue weighted by Gasteiger charge is -2.24. The molecule has 0 unspecified atom stereocenters. The third-order valence-electron chi connectivity index (χ3n) is 2.70. The number of halogens is 5. The standard InChI is InChI=1S/C11H12BF5N2O3/c13-10(14,11(15,16)17)6-2-1-3-7(9(6)12(21)22)19-8(20)4-5-18/h1-3,21-22H,4-5,18H2,(H,19,20). The number of hydrogen-bond acceptors (Lipinski definition) is 4. The average Bonchev–Trinajstić information content (AvgIpc) is 2.36. The molecule has 1 rings (SSSR count). The van der Waals surface area contributed by atoms with E-state index in [9.17, 15) is 26.7 Å². The van der Waals surface area contributed by atoms with E-state index in [-0.39, 0.29) is 13.0 Å².